The lowest BCUT2D eigenvalue weighted by Crippen LogP contribution is -2.14. The van der Waals surface area contributed by atoms with Gasteiger partial charge in [-0.15, -0.1) is 0 Å². The molecule has 1 aliphatic rings. The third kappa shape index (κ3) is 5.56. The molecule has 0 saturated heterocycles. The summed E-state index contributed by atoms with van der Waals surface area (Å²) in [5, 5.41) is 12.7. The van der Waals surface area contributed by atoms with Crippen LogP contribution < -0.4 is 15.6 Å². The van der Waals surface area contributed by atoms with Crippen LogP contribution in [-0.4, -0.2) is 19.2 Å². The largest absolute Gasteiger partial charge is 0.461 e. The van der Waals surface area contributed by atoms with Gasteiger partial charge in [0.1, 0.15) is 18.1 Å². The van der Waals surface area contributed by atoms with Crippen molar-refractivity contribution in [3.63, 3.8) is 0 Å². The van der Waals surface area contributed by atoms with E-state index in [1.807, 2.05) is 40.1 Å². The Morgan fingerprint density at radius 3 is 2.10 bits per heavy atom. The van der Waals surface area contributed by atoms with E-state index >= 15 is 0 Å². The number of hydrogen-bond acceptors (Lipinski definition) is 5. The fraction of sp³-hybridized carbons (Fsp3) is 0.346. The Bertz CT molecular complexity index is 1030. The zero-order valence-corrected chi connectivity index (χ0v) is 18.8. The van der Waals surface area contributed by atoms with Crippen molar-refractivity contribution in [3.05, 3.63) is 81.9 Å². The SMILES string of the molecule is CC.CN(C)c1ccc(-c2ccc(NCc3oc(CO)cc(=O)c3C3CC3)cc2)cc1. The monoisotopic (exact) mass is 420 g/mol. The maximum atomic E-state index is 12.4. The molecular weight excluding hydrogens is 388 g/mol. The minimum atomic E-state index is -0.269. The van der Waals surface area contributed by atoms with Crippen molar-refractivity contribution in [1.29, 1.82) is 0 Å². The zero-order valence-electron chi connectivity index (χ0n) is 18.8. The standard InChI is InChI=1S/C24H26N2O3.C2H6/c1-26(2)20-11-7-17(8-12-20)16-5-9-19(10-6-16)25-14-23-24(18-3-4-18)22(28)13-21(15-27)29-23;1-2/h5-13,18,25,27H,3-4,14-15H2,1-2H3;1-2H3. The fourth-order valence-corrected chi connectivity index (χ4v) is 3.53. The molecule has 2 N–H and O–H groups in total. The molecular formula is C26H32N2O3. The normalized spacial score (nSPS) is 12.7. The number of aliphatic hydroxyl groups is 1. The summed E-state index contributed by atoms with van der Waals surface area (Å²) in [6.45, 7) is 4.15. The molecule has 31 heavy (non-hydrogen) atoms. The number of nitrogens with zero attached hydrogens (tertiary/aromatic N) is 1. The van der Waals surface area contributed by atoms with E-state index in [2.05, 4.69) is 46.6 Å². The summed E-state index contributed by atoms with van der Waals surface area (Å²) in [6, 6.07) is 18.1. The van der Waals surface area contributed by atoms with Crippen molar-refractivity contribution < 1.29 is 9.52 Å². The quantitative estimate of drug-likeness (QED) is 0.537. The van der Waals surface area contributed by atoms with Crippen LogP contribution >= 0.6 is 0 Å². The molecule has 164 valence electrons. The van der Waals surface area contributed by atoms with E-state index < -0.39 is 0 Å². The first-order valence-corrected chi connectivity index (χ1v) is 10.9. The molecule has 0 aliphatic heterocycles. The third-order valence-electron chi connectivity index (χ3n) is 5.31. The molecule has 5 heteroatoms. The maximum absolute atomic E-state index is 12.4. The summed E-state index contributed by atoms with van der Waals surface area (Å²) in [7, 11) is 4.06. The average Bonchev–Trinajstić information content (AvgIpc) is 3.64. The highest BCUT2D eigenvalue weighted by Crippen LogP contribution is 2.40. The average molecular weight is 421 g/mol. The Labute approximate surface area is 184 Å². The molecule has 0 spiro atoms. The number of anilines is 2. The van der Waals surface area contributed by atoms with E-state index in [4.69, 9.17) is 4.42 Å². The van der Waals surface area contributed by atoms with Gasteiger partial charge < -0.3 is 19.7 Å². The summed E-state index contributed by atoms with van der Waals surface area (Å²) in [5.41, 5.74) is 5.17. The number of rotatable bonds is 7. The van der Waals surface area contributed by atoms with Crippen molar-refractivity contribution in [3.8, 4) is 11.1 Å². The molecule has 1 saturated carbocycles. The highest BCUT2D eigenvalue weighted by Gasteiger charge is 2.30. The molecule has 1 aliphatic carbocycles. The van der Waals surface area contributed by atoms with Gasteiger partial charge in [-0.1, -0.05) is 38.1 Å². The van der Waals surface area contributed by atoms with Gasteiger partial charge in [-0.25, -0.2) is 0 Å². The summed E-state index contributed by atoms with van der Waals surface area (Å²) < 4.78 is 5.77. The Hall–Kier alpha value is -3.05. The van der Waals surface area contributed by atoms with Gasteiger partial charge in [0.05, 0.1) is 6.54 Å². The topological polar surface area (TPSA) is 65.7 Å². The number of benzene rings is 2. The lowest BCUT2D eigenvalue weighted by molar-refractivity contribution is 0.238. The van der Waals surface area contributed by atoms with Gasteiger partial charge in [-0.3, -0.25) is 4.79 Å². The van der Waals surface area contributed by atoms with E-state index in [0.717, 1.165) is 29.7 Å². The number of aliphatic hydroxyl groups excluding tert-OH is 1. The molecule has 5 nitrogen and oxygen atoms in total. The number of hydrogen-bond donors (Lipinski definition) is 2. The van der Waals surface area contributed by atoms with E-state index in [-0.39, 0.29) is 12.0 Å². The smallest absolute Gasteiger partial charge is 0.189 e. The molecule has 1 aromatic heterocycles. The first kappa shape index (κ1) is 22.6. The van der Waals surface area contributed by atoms with Gasteiger partial charge >= 0.3 is 0 Å². The molecule has 4 rings (SSSR count). The van der Waals surface area contributed by atoms with Crippen LogP contribution in [0.3, 0.4) is 0 Å². The molecule has 0 unspecified atom stereocenters. The van der Waals surface area contributed by atoms with Crippen LogP contribution in [0.25, 0.3) is 11.1 Å². The summed E-state index contributed by atoms with van der Waals surface area (Å²) in [5.74, 6) is 1.24. The Balaban J connectivity index is 0.00000132. The Kier molecular flexibility index (Phi) is 7.53. The van der Waals surface area contributed by atoms with Crippen LogP contribution in [0.1, 0.15) is 49.7 Å². The van der Waals surface area contributed by atoms with Gasteiger partial charge in [0.15, 0.2) is 5.43 Å². The molecule has 0 amide bonds. The van der Waals surface area contributed by atoms with E-state index in [0.29, 0.717) is 24.0 Å². The highest BCUT2D eigenvalue weighted by atomic mass is 16.4. The van der Waals surface area contributed by atoms with Crippen molar-refractivity contribution in [2.45, 2.75) is 45.8 Å². The summed E-state index contributed by atoms with van der Waals surface area (Å²) >= 11 is 0. The predicted octanol–water partition coefficient (Wildman–Crippen LogP) is 5.38. The number of nitrogens with one attached hydrogen (secondary N) is 1. The summed E-state index contributed by atoms with van der Waals surface area (Å²) in [4.78, 5) is 14.5. The van der Waals surface area contributed by atoms with Crippen molar-refractivity contribution >= 4 is 11.4 Å². The zero-order chi connectivity index (χ0) is 22.4. The van der Waals surface area contributed by atoms with Gasteiger partial charge in [-0.05, 0) is 54.2 Å². The van der Waals surface area contributed by atoms with Crippen LogP contribution in [0.5, 0.6) is 0 Å². The van der Waals surface area contributed by atoms with E-state index in [1.54, 1.807) is 0 Å². The van der Waals surface area contributed by atoms with Gasteiger partial charge in [0, 0.05) is 37.1 Å². The fourth-order valence-electron chi connectivity index (χ4n) is 3.53. The highest BCUT2D eigenvalue weighted by molar-refractivity contribution is 5.68. The second kappa shape index (κ2) is 10.3. The van der Waals surface area contributed by atoms with Crippen LogP contribution in [0.2, 0.25) is 0 Å². The second-order valence-corrected chi connectivity index (χ2v) is 7.72. The van der Waals surface area contributed by atoms with Crippen LogP contribution in [-0.2, 0) is 13.2 Å². The summed E-state index contributed by atoms with van der Waals surface area (Å²) in [6.07, 6.45) is 2.05. The molecule has 0 radical (unpaired) electrons. The molecule has 3 aromatic rings. The van der Waals surface area contributed by atoms with Crippen LogP contribution in [0.15, 0.2) is 63.8 Å². The maximum Gasteiger partial charge on any atom is 0.189 e. The predicted molar refractivity (Wildman–Crippen MR) is 128 cm³/mol. The minimum absolute atomic E-state index is 0.0314. The van der Waals surface area contributed by atoms with Crippen molar-refractivity contribution in [2.75, 3.05) is 24.3 Å². The molecule has 0 atom stereocenters. The van der Waals surface area contributed by atoms with Crippen molar-refractivity contribution in [2.24, 2.45) is 0 Å². The Morgan fingerprint density at radius 1 is 1.00 bits per heavy atom. The molecule has 1 heterocycles. The molecule has 0 bridgehead atoms. The van der Waals surface area contributed by atoms with Crippen LogP contribution in [0, 0.1) is 0 Å². The van der Waals surface area contributed by atoms with Gasteiger partial charge in [0.25, 0.3) is 0 Å². The van der Waals surface area contributed by atoms with E-state index in [1.165, 1.54) is 17.3 Å². The van der Waals surface area contributed by atoms with Crippen molar-refractivity contribution in [1.82, 2.24) is 0 Å². The van der Waals surface area contributed by atoms with Gasteiger partial charge in [0.2, 0.25) is 0 Å². The third-order valence-corrected chi connectivity index (χ3v) is 5.31. The first-order chi connectivity index (χ1) is 15.0. The molecule has 2 aromatic carbocycles. The molecule has 1 fully saturated rings. The lowest BCUT2D eigenvalue weighted by Gasteiger charge is -2.13. The second-order valence-electron chi connectivity index (χ2n) is 7.72. The van der Waals surface area contributed by atoms with Gasteiger partial charge in [-0.2, -0.15) is 0 Å². The van der Waals surface area contributed by atoms with Crippen LogP contribution in [0.4, 0.5) is 11.4 Å². The first-order valence-electron chi connectivity index (χ1n) is 10.9. The van der Waals surface area contributed by atoms with E-state index in [9.17, 15) is 9.90 Å². The Morgan fingerprint density at radius 2 is 1.58 bits per heavy atom. The lowest BCUT2D eigenvalue weighted by atomic mass is 10.0. The minimum Gasteiger partial charge on any atom is -0.461 e.